The SMILES string of the molecule is COC1(F)C=C(C(=O)c2cc3cccc(F)c3s2)C(c2ccc(SC)cc2)=CC1(Cl)CNC1CCC(N(C)C(=O)O)CC1. The number of nitrogens with one attached hydrogen (secondary N) is 1. The number of carbonyl (C=O) groups is 2. The van der Waals surface area contributed by atoms with Crippen molar-refractivity contribution in [3.8, 4) is 0 Å². The van der Waals surface area contributed by atoms with E-state index in [-0.39, 0.29) is 29.1 Å². The molecular formula is C32H33ClF2N2O4S2. The van der Waals surface area contributed by atoms with Crippen molar-refractivity contribution in [2.24, 2.45) is 0 Å². The lowest BCUT2D eigenvalue weighted by Gasteiger charge is -2.41. The maximum Gasteiger partial charge on any atom is 0.407 e. The van der Waals surface area contributed by atoms with Gasteiger partial charge in [-0.1, -0.05) is 24.3 Å². The lowest BCUT2D eigenvalue weighted by Crippen LogP contribution is -2.55. The van der Waals surface area contributed by atoms with Crippen LogP contribution in [0.5, 0.6) is 0 Å². The molecule has 2 aliphatic carbocycles. The fourth-order valence-electron chi connectivity index (χ4n) is 5.77. The third-order valence-corrected chi connectivity index (χ3v) is 10.8. The molecule has 0 radical (unpaired) electrons. The Morgan fingerprint density at radius 2 is 1.86 bits per heavy atom. The molecule has 1 amide bonds. The van der Waals surface area contributed by atoms with Gasteiger partial charge in [0.05, 0.1) is 9.58 Å². The van der Waals surface area contributed by atoms with E-state index in [1.54, 1.807) is 43.1 Å². The van der Waals surface area contributed by atoms with Gasteiger partial charge in [0, 0.05) is 43.3 Å². The van der Waals surface area contributed by atoms with Gasteiger partial charge >= 0.3 is 6.09 Å². The molecule has 1 aromatic heterocycles. The molecule has 0 bridgehead atoms. The number of methoxy groups -OCH3 is 1. The zero-order valence-electron chi connectivity index (χ0n) is 24.0. The molecule has 2 N–H and O–H groups in total. The Balaban J connectivity index is 1.47. The van der Waals surface area contributed by atoms with Crippen molar-refractivity contribution in [1.82, 2.24) is 10.2 Å². The summed E-state index contributed by atoms with van der Waals surface area (Å²) in [5, 5.41) is 13.3. The van der Waals surface area contributed by atoms with Crippen LogP contribution in [0.1, 0.15) is 40.9 Å². The van der Waals surface area contributed by atoms with Gasteiger partial charge in [-0.05, 0) is 84.9 Å². The lowest BCUT2D eigenvalue weighted by atomic mass is 9.80. The molecule has 228 valence electrons. The number of benzene rings is 2. The van der Waals surface area contributed by atoms with Crippen LogP contribution in [0.3, 0.4) is 0 Å². The number of carboxylic acid groups (broad SMARTS) is 1. The lowest BCUT2D eigenvalue weighted by molar-refractivity contribution is -0.100. The molecule has 1 fully saturated rings. The van der Waals surface area contributed by atoms with Gasteiger partial charge in [0.1, 0.15) is 10.7 Å². The number of halogens is 3. The highest BCUT2D eigenvalue weighted by atomic mass is 35.5. The minimum Gasteiger partial charge on any atom is -0.465 e. The molecule has 43 heavy (non-hydrogen) atoms. The number of ether oxygens (including phenoxy) is 1. The van der Waals surface area contributed by atoms with Crippen LogP contribution in [-0.2, 0) is 4.74 Å². The highest BCUT2D eigenvalue weighted by Gasteiger charge is 2.53. The number of rotatable bonds is 9. The van der Waals surface area contributed by atoms with Crippen LogP contribution in [0, 0.1) is 5.82 Å². The van der Waals surface area contributed by atoms with Gasteiger partial charge in [0.25, 0.3) is 5.85 Å². The highest BCUT2D eigenvalue weighted by Crippen LogP contribution is 2.47. The Bertz CT molecular complexity index is 1590. The summed E-state index contributed by atoms with van der Waals surface area (Å²) >= 11 is 9.70. The summed E-state index contributed by atoms with van der Waals surface area (Å²) < 4.78 is 37.0. The van der Waals surface area contributed by atoms with Crippen LogP contribution in [0.25, 0.3) is 15.7 Å². The average molecular weight is 647 g/mol. The monoisotopic (exact) mass is 646 g/mol. The van der Waals surface area contributed by atoms with Crippen molar-refractivity contribution in [1.29, 1.82) is 0 Å². The third-order valence-electron chi connectivity index (χ3n) is 8.42. The molecule has 2 unspecified atom stereocenters. The van der Waals surface area contributed by atoms with Gasteiger partial charge < -0.3 is 20.1 Å². The number of fused-ring (bicyclic) bond motifs is 1. The van der Waals surface area contributed by atoms with E-state index >= 15 is 4.39 Å². The van der Waals surface area contributed by atoms with Crippen molar-refractivity contribution < 1.29 is 28.2 Å². The Labute approximate surface area is 262 Å². The summed E-state index contributed by atoms with van der Waals surface area (Å²) in [6.45, 7) is 0.00145. The van der Waals surface area contributed by atoms with Gasteiger partial charge in [-0.2, -0.15) is 0 Å². The first-order valence-electron chi connectivity index (χ1n) is 13.9. The number of ketones is 1. The number of nitrogens with zero attached hydrogens (tertiary/aromatic N) is 1. The van der Waals surface area contributed by atoms with Gasteiger partial charge in [-0.15, -0.1) is 34.7 Å². The van der Waals surface area contributed by atoms with E-state index in [4.69, 9.17) is 16.3 Å². The zero-order chi connectivity index (χ0) is 30.9. The Morgan fingerprint density at radius 1 is 1.16 bits per heavy atom. The van der Waals surface area contributed by atoms with Crippen LogP contribution in [-0.4, -0.2) is 71.7 Å². The molecule has 0 saturated heterocycles. The second kappa shape index (κ2) is 12.7. The number of amides is 1. The molecular weight excluding hydrogens is 614 g/mol. The van der Waals surface area contributed by atoms with Gasteiger partial charge in [0.15, 0.2) is 0 Å². The van der Waals surface area contributed by atoms with Crippen molar-refractivity contribution in [2.75, 3.05) is 27.0 Å². The van der Waals surface area contributed by atoms with E-state index in [0.717, 1.165) is 22.3 Å². The van der Waals surface area contributed by atoms with E-state index in [9.17, 15) is 19.1 Å². The normalized spacial score (nSPS) is 25.7. The Kier molecular flexibility index (Phi) is 9.34. The summed E-state index contributed by atoms with van der Waals surface area (Å²) in [7, 11) is 2.79. The van der Waals surface area contributed by atoms with Crippen molar-refractivity contribution in [3.63, 3.8) is 0 Å². The van der Waals surface area contributed by atoms with E-state index < -0.39 is 28.4 Å². The average Bonchev–Trinajstić information content (AvgIpc) is 3.47. The largest absolute Gasteiger partial charge is 0.465 e. The van der Waals surface area contributed by atoms with Crippen molar-refractivity contribution in [2.45, 2.75) is 53.4 Å². The van der Waals surface area contributed by atoms with Crippen molar-refractivity contribution >= 4 is 62.2 Å². The number of hydrogen-bond acceptors (Lipinski definition) is 6. The summed E-state index contributed by atoms with van der Waals surface area (Å²) in [5.74, 6) is -3.42. The van der Waals surface area contributed by atoms with Crippen LogP contribution in [0.4, 0.5) is 13.6 Å². The standard InChI is InChI=1S/C32H33ClF2N2O4S2/c1-37(30(39)40)22-11-9-21(10-12-22)36-18-31(33)16-24(19-7-13-23(42-3)14-8-19)25(17-32(31,35)41-2)28(38)27-15-20-5-4-6-26(34)29(20)43-27/h4-8,13-17,21-22,36H,9-12,18H2,1-3H3,(H,39,40). The number of Topliss-reactive ketones (excluding diaryl/α,β-unsaturated/α-hetero) is 1. The number of allylic oxidation sites excluding steroid dienone is 2. The van der Waals surface area contributed by atoms with Crippen LogP contribution >= 0.6 is 34.7 Å². The summed E-state index contributed by atoms with van der Waals surface area (Å²) in [5.41, 5.74) is 1.23. The predicted molar refractivity (Wildman–Crippen MR) is 170 cm³/mol. The highest BCUT2D eigenvalue weighted by molar-refractivity contribution is 7.98. The second-order valence-electron chi connectivity index (χ2n) is 10.9. The maximum absolute atomic E-state index is 16.8. The van der Waals surface area contributed by atoms with Crippen LogP contribution < -0.4 is 5.32 Å². The molecule has 0 aliphatic heterocycles. The quantitative estimate of drug-likeness (QED) is 0.141. The molecule has 1 saturated carbocycles. The number of thiophene rings is 1. The fourth-order valence-corrected chi connectivity index (χ4v) is 7.52. The van der Waals surface area contributed by atoms with E-state index in [2.05, 4.69) is 5.32 Å². The smallest absolute Gasteiger partial charge is 0.407 e. The van der Waals surface area contributed by atoms with E-state index in [1.807, 2.05) is 30.5 Å². The number of carbonyl (C=O) groups excluding carboxylic acids is 1. The Hall–Kier alpha value is -2.76. The third kappa shape index (κ3) is 6.26. The molecule has 3 aromatic rings. The second-order valence-corrected chi connectivity index (χ2v) is 13.5. The van der Waals surface area contributed by atoms with E-state index in [0.29, 0.717) is 46.9 Å². The minimum atomic E-state index is -2.54. The minimum absolute atomic E-state index is 0.00145. The summed E-state index contributed by atoms with van der Waals surface area (Å²) in [6, 6.07) is 13.8. The predicted octanol–water partition coefficient (Wildman–Crippen LogP) is 7.77. The zero-order valence-corrected chi connectivity index (χ0v) is 26.4. The molecule has 2 aromatic carbocycles. The van der Waals surface area contributed by atoms with Crippen LogP contribution in [0.15, 0.2) is 71.2 Å². The topological polar surface area (TPSA) is 78.9 Å². The molecule has 2 atom stereocenters. The molecule has 6 nitrogen and oxygen atoms in total. The first-order chi connectivity index (χ1) is 20.5. The van der Waals surface area contributed by atoms with Gasteiger partial charge in [-0.25, -0.2) is 13.6 Å². The van der Waals surface area contributed by atoms with E-state index in [1.165, 1.54) is 18.1 Å². The first kappa shape index (κ1) is 31.7. The summed E-state index contributed by atoms with van der Waals surface area (Å²) in [6.07, 6.45) is 6.48. The van der Waals surface area contributed by atoms with Gasteiger partial charge in [-0.3, -0.25) is 4.79 Å². The molecule has 2 aliphatic rings. The summed E-state index contributed by atoms with van der Waals surface area (Å²) in [4.78, 5) is 26.3. The number of hydrogen-bond donors (Lipinski definition) is 2. The Morgan fingerprint density at radius 3 is 2.47 bits per heavy atom. The van der Waals surface area contributed by atoms with Crippen molar-refractivity contribution in [3.05, 3.63) is 82.5 Å². The molecule has 1 heterocycles. The molecule has 0 spiro atoms. The first-order valence-corrected chi connectivity index (χ1v) is 16.4. The van der Waals surface area contributed by atoms with Crippen LogP contribution in [0.2, 0.25) is 0 Å². The maximum atomic E-state index is 16.8. The number of thioether (sulfide) groups is 1. The molecule has 5 rings (SSSR count). The fraction of sp³-hybridized carbons (Fsp3) is 0.375. The molecule has 11 heteroatoms. The number of alkyl halides is 2. The van der Waals surface area contributed by atoms with Gasteiger partial charge in [0.2, 0.25) is 5.78 Å².